The van der Waals surface area contributed by atoms with Gasteiger partial charge in [-0.2, -0.15) is 0 Å². The van der Waals surface area contributed by atoms with Gasteiger partial charge < -0.3 is 9.73 Å². The lowest BCUT2D eigenvalue weighted by Gasteiger charge is -2.02. The Bertz CT molecular complexity index is 493. The number of aryl methyl sites for hydroxylation is 1. The Labute approximate surface area is 98.9 Å². The topological polar surface area (TPSA) is 68.0 Å². The third kappa shape index (κ3) is 3.14. The highest BCUT2D eigenvalue weighted by Gasteiger charge is 2.10. The van der Waals surface area contributed by atoms with E-state index in [9.17, 15) is 4.79 Å². The van der Waals surface area contributed by atoms with Crippen molar-refractivity contribution in [3.63, 3.8) is 0 Å². The summed E-state index contributed by atoms with van der Waals surface area (Å²) in [6.45, 7) is 2.30. The van der Waals surface area contributed by atoms with Gasteiger partial charge in [0.2, 0.25) is 0 Å². The molecule has 0 saturated heterocycles. The molecule has 1 amide bonds. The van der Waals surface area contributed by atoms with Crippen LogP contribution in [-0.4, -0.2) is 22.4 Å². The van der Waals surface area contributed by atoms with Crippen molar-refractivity contribution in [2.45, 2.75) is 13.3 Å². The van der Waals surface area contributed by atoms with E-state index in [4.69, 9.17) is 4.42 Å². The smallest absolute Gasteiger partial charge is 0.307 e. The SMILES string of the molecule is Cc1cnc(C(=O)NCCc2ccncc2)o1. The lowest BCUT2D eigenvalue weighted by atomic mass is 10.2. The molecule has 0 unspecified atom stereocenters. The number of amides is 1. The molecule has 0 aliphatic carbocycles. The fraction of sp³-hybridized carbons (Fsp3) is 0.250. The number of pyridine rings is 1. The Kier molecular flexibility index (Phi) is 3.49. The monoisotopic (exact) mass is 231 g/mol. The first-order valence-electron chi connectivity index (χ1n) is 5.35. The zero-order valence-corrected chi connectivity index (χ0v) is 9.51. The van der Waals surface area contributed by atoms with Gasteiger partial charge in [-0.05, 0) is 31.0 Å². The molecule has 0 aliphatic heterocycles. The molecule has 0 bridgehead atoms. The number of aromatic nitrogens is 2. The quantitative estimate of drug-likeness (QED) is 0.862. The highest BCUT2D eigenvalue weighted by atomic mass is 16.4. The van der Waals surface area contributed by atoms with Gasteiger partial charge in [-0.25, -0.2) is 4.98 Å². The summed E-state index contributed by atoms with van der Waals surface area (Å²) in [5.74, 6) is 0.452. The predicted molar refractivity (Wildman–Crippen MR) is 61.5 cm³/mol. The fourth-order valence-electron chi connectivity index (χ4n) is 1.41. The third-order valence-electron chi connectivity index (χ3n) is 2.26. The number of nitrogens with one attached hydrogen (secondary N) is 1. The summed E-state index contributed by atoms with van der Waals surface area (Å²) in [7, 11) is 0. The van der Waals surface area contributed by atoms with E-state index in [1.807, 2.05) is 12.1 Å². The highest BCUT2D eigenvalue weighted by molar-refractivity contribution is 5.89. The maximum atomic E-state index is 11.6. The van der Waals surface area contributed by atoms with Gasteiger partial charge in [-0.15, -0.1) is 0 Å². The lowest BCUT2D eigenvalue weighted by molar-refractivity contribution is 0.0918. The fourth-order valence-corrected chi connectivity index (χ4v) is 1.41. The second-order valence-corrected chi connectivity index (χ2v) is 3.64. The van der Waals surface area contributed by atoms with E-state index in [0.29, 0.717) is 12.3 Å². The number of rotatable bonds is 4. The summed E-state index contributed by atoms with van der Waals surface area (Å²) < 4.78 is 5.11. The van der Waals surface area contributed by atoms with Gasteiger partial charge in [0, 0.05) is 18.9 Å². The summed E-state index contributed by atoms with van der Waals surface area (Å²) in [5.41, 5.74) is 1.13. The van der Waals surface area contributed by atoms with Gasteiger partial charge in [0.15, 0.2) is 0 Å². The average Bonchev–Trinajstić information content (AvgIpc) is 2.77. The van der Waals surface area contributed by atoms with Crippen LogP contribution in [0.3, 0.4) is 0 Å². The van der Waals surface area contributed by atoms with Gasteiger partial charge in [0.05, 0.1) is 6.20 Å². The number of nitrogens with zero attached hydrogens (tertiary/aromatic N) is 2. The van der Waals surface area contributed by atoms with Crippen LogP contribution in [-0.2, 0) is 6.42 Å². The number of oxazole rings is 1. The van der Waals surface area contributed by atoms with E-state index in [1.54, 1.807) is 19.3 Å². The zero-order chi connectivity index (χ0) is 12.1. The van der Waals surface area contributed by atoms with E-state index in [0.717, 1.165) is 12.0 Å². The summed E-state index contributed by atoms with van der Waals surface area (Å²) >= 11 is 0. The molecular weight excluding hydrogens is 218 g/mol. The van der Waals surface area contributed by atoms with Crippen LogP contribution < -0.4 is 5.32 Å². The minimum Gasteiger partial charge on any atom is -0.438 e. The lowest BCUT2D eigenvalue weighted by Crippen LogP contribution is -2.25. The molecule has 0 atom stereocenters. The van der Waals surface area contributed by atoms with Crippen LogP contribution in [0.4, 0.5) is 0 Å². The Morgan fingerprint density at radius 1 is 1.41 bits per heavy atom. The summed E-state index contributed by atoms with van der Waals surface area (Å²) in [4.78, 5) is 19.3. The molecule has 0 aliphatic rings. The zero-order valence-electron chi connectivity index (χ0n) is 9.51. The Morgan fingerprint density at radius 2 is 2.18 bits per heavy atom. The van der Waals surface area contributed by atoms with E-state index < -0.39 is 0 Å². The van der Waals surface area contributed by atoms with Crippen molar-refractivity contribution in [3.8, 4) is 0 Å². The van der Waals surface area contributed by atoms with E-state index in [2.05, 4.69) is 15.3 Å². The van der Waals surface area contributed by atoms with Crippen LogP contribution in [0.15, 0.2) is 35.1 Å². The maximum Gasteiger partial charge on any atom is 0.307 e. The molecule has 5 nitrogen and oxygen atoms in total. The second kappa shape index (κ2) is 5.25. The summed E-state index contributed by atoms with van der Waals surface area (Å²) in [6.07, 6.45) is 5.74. The number of carbonyl (C=O) groups is 1. The first-order chi connectivity index (χ1) is 8.25. The predicted octanol–water partition coefficient (Wildman–Crippen LogP) is 1.35. The molecule has 2 aromatic rings. The van der Waals surface area contributed by atoms with Crippen LogP contribution >= 0.6 is 0 Å². The van der Waals surface area contributed by atoms with E-state index >= 15 is 0 Å². The molecule has 5 heteroatoms. The van der Waals surface area contributed by atoms with Crippen LogP contribution in [0.1, 0.15) is 22.0 Å². The normalized spacial score (nSPS) is 10.2. The highest BCUT2D eigenvalue weighted by Crippen LogP contribution is 2.01. The molecule has 0 spiro atoms. The molecule has 0 saturated carbocycles. The largest absolute Gasteiger partial charge is 0.438 e. The van der Waals surface area contributed by atoms with Gasteiger partial charge in [0.1, 0.15) is 5.76 Å². The van der Waals surface area contributed by atoms with Crippen molar-refractivity contribution >= 4 is 5.91 Å². The van der Waals surface area contributed by atoms with Gasteiger partial charge in [0.25, 0.3) is 5.89 Å². The number of hydrogen-bond acceptors (Lipinski definition) is 4. The Hall–Kier alpha value is -2.17. The van der Waals surface area contributed by atoms with E-state index in [1.165, 1.54) is 6.20 Å². The van der Waals surface area contributed by atoms with Crippen molar-refractivity contribution in [2.24, 2.45) is 0 Å². The van der Waals surface area contributed by atoms with Crippen LogP contribution in [0.25, 0.3) is 0 Å². The van der Waals surface area contributed by atoms with Crippen molar-refractivity contribution in [3.05, 3.63) is 47.9 Å². The maximum absolute atomic E-state index is 11.6. The first-order valence-corrected chi connectivity index (χ1v) is 5.35. The van der Waals surface area contributed by atoms with E-state index in [-0.39, 0.29) is 11.8 Å². The minimum absolute atomic E-state index is 0.109. The van der Waals surface area contributed by atoms with Crippen molar-refractivity contribution in [1.82, 2.24) is 15.3 Å². The van der Waals surface area contributed by atoms with Gasteiger partial charge in [-0.3, -0.25) is 9.78 Å². The molecule has 2 aromatic heterocycles. The molecule has 17 heavy (non-hydrogen) atoms. The molecule has 1 N–H and O–H groups in total. The van der Waals surface area contributed by atoms with Crippen molar-refractivity contribution in [2.75, 3.05) is 6.54 Å². The summed E-state index contributed by atoms with van der Waals surface area (Å²) in [6, 6.07) is 3.84. The minimum atomic E-state index is -0.285. The van der Waals surface area contributed by atoms with Crippen molar-refractivity contribution < 1.29 is 9.21 Å². The number of carbonyl (C=O) groups excluding carboxylic acids is 1. The summed E-state index contributed by atoms with van der Waals surface area (Å²) in [5, 5.41) is 2.75. The van der Waals surface area contributed by atoms with Crippen LogP contribution in [0.5, 0.6) is 0 Å². The number of hydrogen-bond donors (Lipinski definition) is 1. The van der Waals surface area contributed by atoms with Crippen molar-refractivity contribution in [1.29, 1.82) is 0 Å². The standard InChI is InChI=1S/C12H13N3O2/c1-9-8-15-12(17-9)11(16)14-7-4-10-2-5-13-6-3-10/h2-3,5-6,8H,4,7H2,1H3,(H,14,16). The molecule has 0 aromatic carbocycles. The second-order valence-electron chi connectivity index (χ2n) is 3.64. The van der Waals surface area contributed by atoms with Crippen LogP contribution in [0, 0.1) is 6.92 Å². The van der Waals surface area contributed by atoms with Gasteiger partial charge >= 0.3 is 5.91 Å². The molecule has 2 rings (SSSR count). The third-order valence-corrected chi connectivity index (χ3v) is 2.26. The Morgan fingerprint density at radius 3 is 2.82 bits per heavy atom. The molecule has 0 fully saturated rings. The Balaban J connectivity index is 1.81. The molecule has 88 valence electrons. The first kappa shape index (κ1) is 11.3. The molecule has 0 radical (unpaired) electrons. The van der Waals surface area contributed by atoms with Crippen LogP contribution in [0.2, 0.25) is 0 Å². The molecular formula is C12H13N3O2. The average molecular weight is 231 g/mol. The van der Waals surface area contributed by atoms with Gasteiger partial charge in [-0.1, -0.05) is 0 Å². The molecule has 2 heterocycles.